The highest BCUT2D eigenvalue weighted by Gasteiger charge is 2.22. The normalized spacial score (nSPS) is 17.0. The molecule has 1 aliphatic rings. The Hall–Kier alpha value is -1.06. The van der Waals surface area contributed by atoms with Gasteiger partial charge in [0.05, 0.1) is 7.11 Å². The Kier molecular flexibility index (Phi) is 7.04. The molecule has 0 saturated carbocycles. The Morgan fingerprint density at radius 3 is 2.52 bits per heavy atom. The van der Waals surface area contributed by atoms with Gasteiger partial charge in [-0.1, -0.05) is 31.0 Å². The first-order valence-corrected chi connectivity index (χ1v) is 8.31. The van der Waals surface area contributed by atoms with Crippen molar-refractivity contribution in [2.75, 3.05) is 33.4 Å². The lowest BCUT2D eigenvalue weighted by Crippen LogP contribution is -2.33. The Bertz CT molecular complexity index is 400. The molecule has 0 bridgehead atoms. The van der Waals surface area contributed by atoms with E-state index in [0.717, 1.165) is 18.6 Å². The van der Waals surface area contributed by atoms with Crippen LogP contribution in [0.2, 0.25) is 0 Å². The first kappa shape index (κ1) is 16.3. The molecule has 3 nitrogen and oxygen atoms in total. The molecule has 0 radical (unpaired) electrons. The lowest BCUT2D eigenvalue weighted by Gasteiger charge is -2.32. The highest BCUT2D eigenvalue weighted by Crippen LogP contribution is 2.33. The molecule has 1 saturated heterocycles. The Balaban J connectivity index is 1.73. The van der Waals surface area contributed by atoms with Crippen LogP contribution in [0.1, 0.15) is 50.0 Å². The zero-order valence-electron chi connectivity index (χ0n) is 13.3. The summed E-state index contributed by atoms with van der Waals surface area (Å²) in [4.78, 5) is 2.59. The van der Waals surface area contributed by atoms with E-state index in [1.54, 1.807) is 7.11 Å². The molecule has 21 heavy (non-hydrogen) atoms. The Morgan fingerprint density at radius 1 is 1.10 bits per heavy atom. The van der Waals surface area contributed by atoms with E-state index >= 15 is 0 Å². The molecule has 1 heterocycles. The molecular weight excluding hydrogens is 262 g/mol. The van der Waals surface area contributed by atoms with Crippen LogP contribution in [-0.2, 0) is 0 Å². The Labute approximate surface area is 128 Å². The van der Waals surface area contributed by atoms with Gasteiger partial charge in [0, 0.05) is 6.61 Å². The molecule has 0 aliphatic carbocycles. The predicted octanol–water partition coefficient (Wildman–Crippen LogP) is 3.43. The summed E-state index contributed by atoms with van der Waals surface area (Å²) in [7, 11) is 1.76. The summed E-state index contributed by atoms with van der Waals surface area (Å²) in [5, 5.41) is 8.77. The summed E-state index contributed by atoms with van der Waals surface area (Å²) in [5.41, 5.74) is 1.38. The zero-order chi connectivity index (χ0) is 14.9. The van der Waals surface area contributed by atoms with Crippen LogP contribution in [0.4, 0.5) is 0 Å². The van der Waals surface area contributed by atoms with E-state index in [2.05, 4.69) is 23.1 Å². The van der Waals surface area contributed by atoms with E-state index in [0.29, 0.717) is 12.5 Å². The van der Waals surface area contributed by atoms with Gasteiger partial charge in [-0.2, -0.15) is 0 Å². The van der Waals surface area contributed by atoms with Crippen molar-refractivity contribution in [2.24, 2.45) is 0 Å². The van der Waals surface area contributed by atoms with Crippen molar-refractivity contribution in [1.29, 1.82) is 0 Å². The molecule has 3 heteroatoms. The molecule has 0 aromatic heterocycles. The van der Waals surface area contributed by atoms with Crippen molar-refractivity contribution in [3.05, 3.63) is 29.8 Å². The van der Waals surface area contributed by atoms with Gasteiger partial charge in [-0.25, -0.2) is 0 Å². The van der Waals surface area contributed by atoms with Crippen LogP contribution in [0.3, 0.4) is 0 Å². The van der Waals surface area contributed by atoms with Crippen LogP contribution < -0.4 is 4.74 Å². The third kappa shape index (κ3) is 5.01. The number of hydrogen-bond donors (Lipinski definition) is 1. The summed E-state index contributed by atoms with van der Waals surface area (Å²) in [5.74, 6) is 1.69. The third-order valence-electron chi connectivity index (χ3n) is 4.55. The maximum Gasteiger partial charge on any atom is 0.122 e. The third-order valence-corrected chi connectivity index (χ3v) is 4.55. The summed E-state index contributed by atoms with van der Waals surface area (Å²) >= 11 is 0. The number of rotatable bonds is 8. The van der Waals surface area contributed by atoms with Gasteiger partial charge in [0.2, 0.25) is 0 Å². The lowest BCUT2D eigenvalue weighted by molar-refractivity contribution is 0.205. The number of hydrogen-bond acceptors (Lipinski definition) is 3. The van der Waals surface area contributed by atoms with Crippen LogP contribution >= 0.6 is 0 Å². The van der Waals surface area contributed by atoms with E-state index < -0.39 is 0 Å². The van der Waals surface area contributed by atoms with E-state index in [9.17, 15) is 0 Å². The first-order valence-electron chi connectivity index (χ1n) is 8.31. The highest BCUT2D eigenvalue weighted by molar-refractivity contribution is 5.36. The van der Waals surface area contributed by atoms with Crippen molar-refractivity contribution in [2.45, 2.75) is 44.4 Å². The monoisotopic (exact) mass is 291 g/mol. The zero-order valence-corrected chi connectivity index (χ0v) is 13.3. The van der Waals surface area contributed by atoms with Crippen LogP contribution in [0.15, 0.2) is 24.3 Å². The summed E-state index contributed by atoms with van der Waals surface area (Å²) in [6, 6.07) is 8.45. The number of aliphatic hydroxyl groups is 1. The highest BCUT2D eigenvalue weighted by atomic mass is 16.5. The second kappa shape index (κ2) is 9.06. The number of benzene rings is 1. The van der Waals surface area contributed by atoms with E-state index in [1.807, 2.05) is 6.07 Å². The second-order valence-electron chi connectivity index (χ2n) is 6.00. The topological polar surface area (TPSA) is 32.7 Å². The SMILES string of the molecule is COc1ccccc1C1CCN(CCCCCCO)CC1. The Morgan fingerprint density at radius 2 is 1.81 bits per heavy atom. The number of nitrogens with zero attached hydrogens (tertiary/aromatic N) is 1. The van der Waals surface area contributed by atoms with Gasteiger partial charge in [-0.05, 0) is 62.9 Å². The van der Waals surface area contributed by atoms with Crippen molar-refractivity contribution >= 4 is 0 Å². The molecule has 0 atom stereocenters. The van der Waals surface area contributed by atoms with Gasteiger partial charge in [0.1, 0.15) is 5.75 Å². The molecule has 2 rings (SSSR count). The van der Waals surface area contributed by atoms with Gasteiger partial charge < -0.3 is 14.7 Å². The minimum atomic E-state index is 0.338. The molecular formula is C18H29NO2. The predicted molar refractivity (Wildman–Crippen MR) is 87.0 cm³/mol. The molecule has 1 aromatic carbocycles. The molecule has 1 fully saturated rings. The maximum atomic E-state index is 8.77. The summed E-state index contributed by atoms with van der Waals surface area (Å²) < 4.78 is 5.49. The first-order chi connectivity index (χ1) is 10.3. The van der Waals surface area contributed by atoms with Gasteiger partial charge in [-0.3, -0.25) is 0 Å². The molecule has 1 N–H and O–H groups in total. The van der Waals surface area contributed by atoms with Gasteiger partial charge >= 0.3 is 0 Å². The fourth-order valence-corrected chi connectivity index (χ4v) is 3.27. The smallest absolute Gasteiger partial charge is 0.122 e. The maximum absolute atomic E-state index is 8.77. The molecule has 0 unspecified atom stereocenters. The molecule has 1 aliphatic heterocycles. The van der Waals surface area contributed by atoms with Crippen LogP contribution in [0.25, 0.3) is 0 Å². The quantitative estimate of drug-likeness (QED) is 0.745. The number of aliphatic hydroxyl groups excluding tert-OH is 1. The minimum Gasteiger partial charge on any atom is -0.496 e. The van der Waals surface area contributed by atoms with E-state index in [4.69, 9.17) is 9.84 Å². The summed E-state index contributed by atoms with van der Waals surface area (Å²) in [6.07, 6.45) is 7.09. The van der Waals surface area contributed by atoms with Crippen molar-refractivity contribution in [1.82, 2.24) is 4.90 Å². The van der Waals surface area contributed by atoms with Crippen LogP contribution in [-0.4, -0.2) is 43.4 Å². The van der Waals surface area contributed by atoms with E-state index in [-0.39, 0.29) is 0 Å². The standard InChI is InChI=1S/C18H29NO2/c1-21-18-9-5-4-8-17(18)16-10-13-19(14-11-16)12-6-2-3-7-15-20/h4-5,8-9,16,20H,2-3,6-7,10-15H2,1H3. The average Bonchev–Trinajstić information content (AvgIpc) is 2.55. The number of ether oxygens (including phenoxy) is 1. The van der Waals surface area contributed by atoms with Gasteiger partial charge in [-0.15, -0.1) is 0 Å². The van der Waals surface area contributed by atoms with E-state index in [1.165, 1.54) is 50.9 Å². The number of unbranched alkanes of at least 4 members (excludes halogenated alkanes) is 3. The summed E-state index contributed by atoms with van der Waals surface area (Å²) in [6.45, 7) is 3.94. The van der Waals surface area contributed by atoms with Crippen LogP contribution in [0, 0.1) is 0 Å². The van der Waals surface area contributed by atoms with Crippen molar-refractivity contribution < 1.29 is 9.84 Å². The largest absolute Gasteiger partial charge is 0.496 e. The number of methoxy groups -OCH3 is 1. The van der Waals surface area contributed by atoms with Crippen molar-refractivity contribution in [3.63, 3.8) is 0 Å². The molecule has 118 valence electrons. The fourth-order valence-electron chi connectivity index (χ4n) is 3.27. The molecule has 0 spiro atoms. The van der Waals surface area contributed by atoms with Gasteiger partial charge in [0.25, 0.3) is 0 Å². The lowest BCUT2D eigenvalue weighted by atomic mass is 9.88. The number of piperidine rings is 1. The fraction of sp³-hybridized carbons (Fsp3) is 0.667. The molecule has 1 aromatic rings. The van der Waals surface area contributed by atoms with Crippen molar-refractivity contribution in [3.8, 4) is 5.75 Å². The van der Waals surface area contributed by atoms with Crippen LogP contribution in [0.5, 0.6) is 5.75 Å². The number of para-hydroxylation sites is 1. The minimum absolute atomic E-state index is 0.338. The number of likely N-dealkylation sites (tertiary alicyclic amines) is 1. The second-order valence-corrected chi connectivity index (χ2v) is 6.00. The van der Waals surface area contributed by atoms with Gasteiger partial charge in [0.15, 0.2) is 0 Å². The average molecular weight is 291 g/mol. The molecule has 0 amide bonds.